The summed E-state index contributed by atoms with van der Waals surface area (Å²) < 4.78 is 4.30. The third kappa shape index (κ3) is 2.42. The maximum atomic E-state index is 2.27. The smallest absolute Gasteiger partial charge is 0.169 e. The monoisotopic (exact) mass is 299 g/mol. The molecule has 0 spiro atoms. The van der Waals surface area contributed by atoms with Crippen molar-refractivity contribution in [3.8, 4) is 0 Å². The Morgan fingerprint density at radius 3 is 2.30 bits per heavy atom. The first kappa shape index (κ1) is 13.8. The summed E-state index contributed by atoms with van der Waals surface area (Å²) in [7, 11) is 4.16. The molecular formula is C21H19N2+. The fourth-order valence-electron chi connectivity index (χ4n) is 3.11. The highest BCUT2D eigenvalue weighted by Crippen LogP contribution is 2.29. The molecule has 0 radical (unpaired) electrons. The summed E-state index contributed by atoms with van der Waals surface area (Å²) in [6.45, 7) is 0. The van der Waals surface area contributed by atoms with Gasteiger partial charge in [0.1, 0.15) is 7.05 Å². The summed E-state index contributed by atoms with van der Waals surface area (Å²) in [4.78, 5) is 0. The molecule has 0 fully saturated rings. The van der Waals surface area contributed by atoms with Crippen LogP contribution in [0.5, 0.6) is 0 Å². The Hall–Kier alpha value is -2.87. The molecule has 4 aromatic rings. The van der Waals surface area contributed by atoms with E-state index in [1.54, 1.807) is 0 Å². The number of aryl methyl sites for hydroxylation is 2. The highest BCUT2D eigenvalue weighted by Gasteiger charge is 2.07. The highest BCUT2D eigenvalue weighted by molar-refractivity contribution is 6.08. The van der Waals surface area contributed by atoms with Crippen molar-refractivity contribution in [2.75, 3.05) is 0 Å². The zero-order valence-electron chi connectivity index (χ0n) is 13.4. The Balaban J connectivity index is 1.79. The molecule has 0 amide bonds. The summed E-state index contributed by atoms with van der Waals surface area (Å²) in [6, 6.07) is 19.5. The molecule has 0 unspecified atom stereocenters. The lowest BCUT2D eigenvalue weighted by molar-refractivity contribution is -0.671. The Kier molecular flexibility index (Phi) is 3.23. The molecule has 0 N–H and O–H groups in total. The second-order valence-electron chi connectivity index (χ2n) is 5.98. The van der Waals surface area contributed by atoms with Crippen molar-refractivity contribution in [1.29, 1.82) is 0 Å². The van der Waals surface area contributed by atoms with Crippen LogP contribution in [-0.4, -0.2) is 4.57 Å². The molecule has 2 heterocycles. The van der Waals surface area contributed by atoms with Crippen LogP contribution in [0.1, 0.15) is 11.1 Å². The standard InChI is InChI=1S/C21H19N2/c1-22-13-11-16(12-14-22)7-8-17-9-10-21-19(15-17)18-5-3-4-6-20(18)23(21)2/h3-15H,1-2H3/q+1. The van der Waals surface area contributed by atoms with E-state index in [9.17, 15) is 0 Å². The molecule has 2 aromatic carbocycles. The van der Waals surface area contributed by atoms with E-state index in [1.165, 1.54) is 32.9 Å². The first-order valence-electron chi connectivity index (χ1n) is 7.83. The van der Waals surface area contributed by atoms with Crippen molar-refractivity contribution < 1.29 is 4.57 Å². The van der Waals surface area contributed by atoms with E-state index in [-0.39, 0.29) is 0 Å². The van der Waals surface area contributed by atoms with E-state index >= 15 is 0 Å². The third-order valence-electron chi connectivity index (χ3n) is 4.41. The fourth-order valence-corrected chi connectivity index (χ4v) is 3.11. The first-order valence-corrected chi connectivity index (χ1v) is 7.83. The number of rotatable bonds is 2. The Bertz CT molecular complexity index is 1020. The quantitative estimate of drug-likeness (QED) is 0.487. The van der Waals surface area contributed by atoms with Crippen LogP contribution >= 0.6 is 0 Å². The van der Waals surface area contributed by atoms with Crippen molar-refractivity contribution in [2.24, 2.45) is 14.1 Å². The molecule has 4 rings (SSSR count). The average molecular weight is 299 g/mol. The summed E-state index contributed by atoms with van der Waals surface area (Å²) in [6.07, 6.45) is 8.46. The number of aromatic nitrogens is 2. The van der Waals surface area contributed by atoms with E-state index in [0.29, 0.717) is 0 Å². The van der Waals surface area contributed by atoms with E-state index in [0.717, 1.165) is 0 Å². The molecule has 112 valence electrons. The number of hydrogen-bond acceptors (Lipinski definition) is 0. The molecule has 23 heavy (non-hydrogen) atoms. The van der Waals surface area contributed by atoms with Gasteiger partial charge < -0.3 is 4.57 Å². The van der Waals surface area contributed by atoms with Gasteiger partial charge in [-0.25, -0.2) is 4.57 Å². The fraction of sp³-hybridized carbons (Fsp3) is 0.0952. The maximum Gasteiger partial charge on any atom is 0.169 e. The van der Waals surface area contributed by atoms with E-state index in [2.05, 4.69) is 90.8 Å². The van der Waals surface area contributed by atoms with Crippen LogP contribution in [0.3, 0.4) is 0 Å². The molecule has 2 nitrogen and oxygen atoms in total. The van der Waals surface area contributed by atoms with Gasteiger partial charge in [0.2, 0.25) is 0 Å². The van der Waals surface area contributed by atoms with Crippen LogP contribution in [0.15, 0.2) is 67.0 Å². The van der Waals surface area contributed by atoms with Gasteiger partial charge in [-0.15, -0.1) is 0 Å². The van der Waals surface area contributed by atoms with Gasteiger partial charge in [0, 0.05) is 41.0 Å². The van der Waals surface area contributed by atoms with Crippen LogP contribution in [0.2, 0.25) is 0 Å². The molecule has 0 aliphatic heterocycles. The van der Waals surface area contributed by atoms with Crippen LogP contribution < -0.4 is 4.57 Å². The number of hydrogen-bond donors (Lipinski definition) is 0. The summed E-state index contributed by atoms with van der Waals surface area (Å²) in [5, 5.41) is 2.62. The van der Waals surface area contributed by atoms with E-state index in [1.807, 2.05) is 11.6 Å². The predicted molar refractivity (Wildman–Crippen MR) is 97.0 cm³/mol. The van der Waals surface area contributed by atoms with Crippen LogP contribution in [0.4, 0.5) is 0 Å². The molecule has 0 saturated carbocycles. The van der Waals surface area contributed by atoms with Crippen LogP contribution in [0.25, 0.3) is 34.0 Å². The molecule has 2 heteroatoms. The van der Waals surface area contributed by atoms with Crippen LogP contribution in [-0.2, 0) is 14.1 Å². The minimum Gasteiger partial charge on any atom is -0.344 e. The van der Waals surface area contributed by atoms with Crippen molar-refractivity contribution in [3.63, 3.8) is 0 Å². The first-order chi connectivity index (χ1) is 11.2. The van der Waals surface area contributed by atoms with Crippen LogP contribution in [0, 0.1) is 0 Å². The molecule has 0 bridgehead atoms. The Labute approximate surface area is 135 Å². The largest absolute Gasteiger partial charge is 0.344 e. The summed E-state index contributed by atoms with van der Waals surface area (Å²) >= 11 is 0. The number of fused-ring (bicyclic) bond motifs is 3. The summed E-state index contributed by atoms with van der Waals surface area (Å²) in [5.41, 5.74) is 4.98. The number of nitrogens with zero attached hydrogens (tertiary/aromatic N) is 2. The lowest BCUT2D eigenvalue weighted by atomic mass is 10.1. The lowest BCUT2D eigenvalue weighted by Gasteiger charge is -1.98. The summed E-state index contributed by atoms with van der Waals surface area (Å²) in [5.74, 6) is 0. The van der Waals surface area contributed by atoms with Gasteiger partial charge in [0.15, 0.2) is 12.4 Å². The molecule has 0 aliphatic rings. The Morgan fingerprint density at radius 1 is 0.783 bits per heavy atom. The predicted octanol–water partition coefficient (Wildman–Crippen LogP) is 4.33. The molecule has 0 atom stereocenters. The second kappa shape index (κ2) is 5.40. The second-order valence-corrected chi connectivity index (χ2v) is 5.98. The lowest BCUT2D eigenvalue weighted by Crippen LogP contribution is -2.25. The van der Waals surface area contributed by atoms with Gasteiger partial charge >= 0.3 is 0 Å². The van der Waals surface area contributed by atoms with Gasteiger partial charge in [-0.05, 0) is 29.3 Å². The molecule has 0 saturated heterocycles. The van der Waals surface area contributed by atoms with Crippen molar-refractivity contribution in [1.82, 2.24) is 4.57 Å². The van der Waals surface area contributed by atoms with E-state index < -0.39 is 0 Å². The third-order valence-corrected chi connectivity index (χ3v) is 4.41. The SMILES string of the molecule is Cn1c2ccccc2c2cc(/C=C/c3cc[n+](C)cc3)ccc21. The van der Waals surface area contributed by atoms with E-state index in [4.69, 9.17) is 0 Å². The highest BCUT2D eigenvalue weighted by atomic mass is 14.9. The Morgan fingerprint density at radius 2 is 1.48 bits per heavy atom. The average Bonchev–Trinajstić information content (AvgIpc) is 2.87. The van der Waals surface area contributed by atoms with Crippen molar-refractivity contribution >= 4 is 34.0 Å². The van der Waals surface area contributed by atoms with Gasteiger partial charge in [-0.1, -0.05) is 36.4 Å². The number of benzene rings is 2. The molecule has 0 aliphatic carbocycles. The van der Waals surface area contributed by atoms with Gasteiger partial charge in [0.25, 0.3) is 0 Å². The van der Waals surface area contributed by atoms with Gasteiger partial charge in [0.05, 0.1) is 0 Å². The molecule has 2 aromatic heterocycles. The molecular weight excluding hydrogens is 280 g/mol. The van der Waals surface area contributed by atoms with Gasteiger partial charge in [-0.3, -0.25) is 0 Å². The number of pyridine rings is 1. The minimum absolute atomic E-state index is 1.21. The topological polar surface area (TPSA) is 8.81 Å². The van der Waals surface area contributed by atoms with Crippen molar-refractivity contribution in [3.05, 3.63) is 78.1 Å². The zero-order valence-corrected chi connectivity index (χ0v) is 13.4. The minimum atomic E-state index is 1.21. The van der Waals surface area contributed by atoms with Gasteiger partial charge in [-0.2, -0.15) is 0 Å². The zero-order chi connectivity index (χ0) is 15.8. The van der Waals surface area contributed by atoms with Crippen molar-refractivity contribution in [2.45, 2.75) is 0 Å². The number of para-hydroxylation sites is 1. The normalized spacial score (nSPS) is 11.7. The maximum absolute atomic E-state index is 2.27.